The highest BCUT2D eigenvalue weighted by molar-refractivity contribution is 7.13. The Balaban J connectivity index is 1.54. The van der Waals surface area contributed by atoms with Gasteiger partial charge < -0.3 is 15.8 Å². The van der Waals surface area contributed by atoms with Gasteiger partial charge in [0, 0.05) is 17.5 Å². The second-order valence-corrected chi connectivity index (χ2v) is 6.15. The Labute approximate surface area is 133 Å². The highest BCUT2D eigenvalue weighted by Crippen LogP contribution is 2.23. The van der Waals surface area contributed by atoms with Crippen LogP contribution in [0, 0.1) is 0 Å². The molecule has 0 bridgehead atoms. The molecule has 0 unspecified atom stereocenters. The third-order valence-electron chi connectivity index (χ3n) is 3.68. The smallest absolute Gasteiger partial charge is 0.249 e. The number of carbonyl (C=O) groups is 1. The summed E-state index contributed by atoms with van der Waals surface area (Å²) in [7, 11) is 0. The maximum atomic E-state index is 12.1. The Bertz CT molecular complexity index is 629. The summed E-state index contributed by atoms with van der Waals surface area (Å²) < 4.78 is 5.58. The summed E-state index contributed by atoms with van der Waals surface area (Å²) in [6, 6.07) is 10.0. The average molecular weight is 317 g/mol. The number of hydrogen-bond donors (Lipinski definition) is 2. The van der Waals surface area contributed by atoms with Crippen molar-refractivity contribution in [1.82, 2.24) is 10.3 Å². The number of amides is 1. The fourth-order valence-corrected chi connectivity index (χ4v) is 3.29. The zero-order valence-electron chi connectivity index (χ0n) is 12.2. The van der Waals surface area contributed by atoms with Crippen molar-refractivity contribution in [2.45, 2.75) is 31.6 Å². The van der Waals surface area contributed by atoms with Crippen LogP contribution >= 0.6 is 11.3 Å². The van der Waals surface area contributed by atoms with Crippen LogP contribution in [-0.2, 0) is 16.1 Å². The molecule has 0 spiro atoms. The third kappa shape index (κ3) is 3.52. The SMILES string of the molecule is NC[C@H]1CC[C@@H](C(=O)NCc2csc(-c3ccccc3)n2)O1. The first-order chi connectivity index (χ1) is 10.8. The molecule has 0 aliphatic carbocycles. The number of hydrogen-bond acceptors (Lipinski definition) is 5. The van der Waals surface area contributed by atoms with Crippen molar-refractivity contribution in [3.63, 3.8) is 0 Å². The van der Waals surface area contributed by atoms with E-state index in [1.807, 2.05) is 35.7 Å². The molecule has 3 rings (SSSR count). The van der Waals surface area contributed by atoms with Crippen molar-refractivity contribution in [2.75, 3.05) is 6.54 Å². The molecule has 2 heterocycles. The van der Waals surface area contributed by atoms with Crippen molar-refractivity contribution >= 4 is 17.2 Å². The predicted octanol–water partition coefficient (Wildman–Crippen LogP) is 1.93. The number of nitrogens with two attached hydrogens (primary N) is 1. The van der Waals surface area contributed by atoms with Gasteiger partial charge in [-0.3, -0.25) is 4.79 Å². The van der Waals surface area contributed by atoms with Gasteiger partial charge in [-0.25, -0.2) is 4.98 Å². The summed E-state index contributed by atoms with van der Waals surface area (Å²) in [5.74, 6) is -0.0785. The largest absolute Gasteiger partial charge is 0.364 e. The molecule has 116 valence electrons. The molecule has 1 amide bonds. The van der Waals surface area contributed by atoms with E-state index in [1.54, 1.807) is 11.3 Å². The van der Waals surface area contributed by atoms with E-state index in [2.05, 4.69) is 10.3 Å². The van der Waals surface area contributed by atoms with Crippen molar-refractivity contribution < 1.29 is 9.53 Å². The molecular formula is C16H19N3O2S. The normalized spacial score (nSPS) is 21.0. The first kappa shape index (κ1) is 15.1. The van der Waals surface area contributed by atoms with Gasteiger partial charge in [0.1, 0.15) is 11.1 Å². The second kappa shape index (κ2) is 7.00. The first-order valence-electron chi connectivity index (χ1n) is 7.39. The van der Waals surface area contributed by atoms with Crippen molar-refractivity contribution in [3.8, 4) is 10.6 Å². The van der Waals surface area contributed by atoms with E-state index in [0.717, 1.165) is 29.1 Å². The zero-order chi connectivity index (χ0) is 15.4. The lowest BCUT2D eigenvalue weighted by Gasteiger charge is -2.11. The van der Waals surface area contributed by atoms with Gasteiger partial charge >= 0.3 is 0 Å². The van der Waals surface area contributed by atoms with Crippen LogP contribution in [-0.4, -0.2) is 29.6 Å². The van der Waals surface area contributed by atoms with Gasteiger partial charge in [-0.2, -0.15) is 0 Å². The molecule has 0 radical (unpaired) electrons. The lowest BCUT2D eigenvalue weighted by molar-refractivity contribution is -0.132. The van der Waals surface area contributed by atoms with Gasteiger partial charge in [0.15, 0.2) is 0 Å². The molecule has 5 nitrogen and oxygen atoms in total. The monoisotopic (exact) mass is 317 g/mol. The molecule has 1 aromatic heterocycles. The minimum atomic E-state index is -0.374. The maximum absolute atomic E-state index is 12.1. The van der Waals surface area contributed by atoms with E-state index in [4.69, 9.17) is 10.5 Å². The summed E-state index contributed by atoms with van der Waals surface area (Å²) in [5, 5.41) is 5.83. The lowest BCUT2D eigenvalue weighted by Crippen LogP contribution is -2.35. The summed E-state index contributed by atoms with van der Waals surface area (Å²) >= 11 is 1.58. The highest BCUT2D eigenvalue weighted by atomic mass is 32.1. The Morgan fingerprint density at radius 2 is 2.18 bits per heavy atom. The number of nitrogens with one attached hydrogen (secondary N) is 1. The quantitative estimate of drug-likeness (QED) is 0.883. The number of aromatic nitrogens is 1. The van der Waals surface area contributed by atoms with Crippen LogP contribution in [0.3, 0.4) is 0 Å². The summed E-state index contributed by atoms with van der Waals surface area (Å²) in [4.78, 5) is 16.6. The summed E-state index contributed by atoms with van der Waals surface area (Å²) in [6.07, 6.45) is 1.23. The maximum Gasteiger partial charge on any atom is 0.249 e. The number of rotatable bonds is 5. The number of ether oxygens (including phenoxy) is 1. The standard InChI is InChI=1S/C16H19N3O2S/c17-8-13-6-7-14(21-13)15(20)18-9-12-10-22-16(19-12)11-4-2-1-3-5-11/h1-5,10,13-14H,6-9,17H2,(H,18,20)/t13-,14+/m1/s1. The minimum absolute atomic E-state index is 0.0136. The van der Waals surface area contributed by atoms with Gasteiger partial charge in [-0.15, -0.1) is 11.3 Å². The third-order valence-corrected chi connectivity index (χ3v) is 4.62. The lowest BCUT2D eigenvalue weighted by atomic mass is 10.2. The van der Waals surface area contributed by atoms with E-state index in [0.29, 0.717) is 13.1 Å². The molecule has 22 heavy (non-hydrogen) atoms. The molecule has 1 fully saturated rings. The van der Waals surface area contributed by atoms with Gasteiger partial charge in [0.05, 0.1) is 18.3 Å². The molecule has 6 heteroatoms. The molecule has 2 aromatic rings. The van der Waals surface area contributed by atoms with E-state index >= 15 is 0 Å². The van der Waals surface area contributed by atoms with Crippen LogP contribution in [0.5, 0.6) is 0 Å². The number of nitrogens with zero attached hydrogens (tertiary/aromatic N) is 1. The predicted molar refractivity (Wildman–Crippen MR) is 86.3 cm³/mol. The van der Waals surface area contributed by atoms with Crippen LogP contribution in [0.15, 0.2) is 35.7 Å². The van der Waals surface area contributed by atoms with Crippen LogP contribution in [0.2, 0.25) is 0 Å². The molecule has 1 aromatic carbocycles. The van der Waals surface area contributed by atoms with Gasteiger partial charge in [-0.1, -0.05) is 30.3 Å². The van der Waals surface area contributed by atoms with Crippen LogP contribution in [0.25, 0.3) is 10.6 Å². The van der Waals surface area contributed by atoms with Gasteiger partial charge in [0.25, 0.3) is 0 Å². The minimum Gasteiger partial charge on any atom is -0.364 e. The van der Waals surface area contributed by atoms with Gasteiger partial charge in [0.2, 0.25) is 5.91 Å². The first-order valence-corrected chi connectivity index (χ1v) is 8.27. The zero-order valence-corrected chi connectivity index (χ0v) is 13.0. The van der Waals surface area contributed by atoms with Gasteiger partial charge in [-0.05, 0) is 12.8 Å². The second-order valence-electron chi connectivity index (χ2n) is 5.29. The van der Waals surface area contributed by atoms with Crippen molar-refractivity contribution in [1.29, 1.82) is 0 Å². The van der Waals surface area contributed by atoms with Crippen molar-refractivity contribution in [2.24, 2.45) is 5.73 Å². The fraction of sp³-hybridized carbons (Fsp3) is 0.375. The number of benzene rings is 1. The Morgan fingerprint density at radius 1 is 1.36 bits per heavy atom. The molecule has 1 aliphatic heterocycles. The number of carbonyl (C=O) groups excluding carboxylic acids is 1. The van der Waals surface area contributed by atoms with E-state index < -0.39 is 0 Å². The Kier molecular flexibility index (Phi) is 4.82. The average Bonchev–Trinajstić information content (AvgIpc) is 3.22. The van der Waals surface area contributed by atoms with E-state index in [9.17, 15) is 4.79 Å². The van der Waals surface area contributed by atoms with Crippen LogP contribution in [0.1, 0.15) is 18.5 Å². The molecule has 1 aliphatic rings. The summed E-state index contributed by atoms with van der Waals surface area (Å²) in [6.45, 7) is 0.894. The molecule has 0 saturated carbocycles. The van der Waals surface area contributed by atoms with Crippen LogP contribution in [0.4, 0.5) is 0 Å². The fourth-order valence-electron chi connectivity index (χ4n) is 2.46. The Hall–Kier alpha value is -1.76. The molecular weight excluding hydrogens is 298 g/mol. The number of thiazole rings is 1. The molecule has 2 atom stereocenters. The highest BCUT2D eigenvalue weighted by Gasteiger charge is 2.29. The molecule has 1 saturated heterocycles. The summed E-state index contributed by atoms with van der Waals surface area (Å²) in [5.41, 5.74) is 7.51. The van der Waals surface area contributed by atoms with Crippen molar-refractivity contribution in [3.05, 3.63) is 41.4 Å². The topological polar surface area (TPSA) is 77.2 Å². The van der Waals surface area contributed by atoms with Crippen LogP contribution < -0.4 is 11.1 Å². The van der Waals surface area contributed by atoms with E-state index in [1.165, 1.54) is 0 Å². The molecule has 3 N–H and O–H groups in total. The Morgan fingerprint density at radius 3 is 2.91 bits per heavy atom. The van der Waals surface area contributed by atoms with E-state index in [-0.39, 0.29) is 18.1 Å².